The number of hydrogen-bond acceptors (Lipinski definition) is 5. The second kappa shape index (κ2) is 7.32. The number of carbonyl (C=O) groups is 2. The van der Waals surface area contributed by atoms with Crippen molar-refractivity contribution < 1.29 is 23.8 Å². The van der Waals surface area contributed by atoms with Gasteiger partial charge in [-0.1, -0.05) is 0 Å². The number of ether oxygens (including phenoxy) is 3. The molecule has 0 aromatic carbocycles. The Bertz CT molecular complexity index is 190. The third kappa shape index (κ3) is 7.54. The molecule has 0 aromatic heterocycles. The second-order valence-electron chi connectivity index (χ2n) is 2.79. The lowest BCUT2D eigenvalue weighted by molar-refractivity contribution is -0.147. The minimum Gasteiger partial charge on any atom is -0.466 e. The van der Waals surface area contributed by atoms with E-state index >= 15 is 0 Å². The Hall–Kier alpha value is -1.10. The van der Waals surface area contributed by atoms with Crippen LogP contribution in [0.15, 0.2) is 0 Å². The summed E-state index contributed by atoms with van der Waals surface area (Å²) in [4.78, 5) is 20.9. The average molecular weight is 204 g/mol. The fourth-order valence-corrected chi connectivity index (χ4v) is 0.814. The van der Waals surface area contributed by atoms with Crippen LogP contribution >= 0.6 is 0 Å². The Morgan fingerprint density at radius 2 is 1.71 bits per heavy atom. The van der Waals surface area contributed by atoms with Crippen molar-refractivity contribution in [3.63, 3.8) is 0 Å². The number of methoxy groups -OCH3 is 1. The van der Waals surface area contributed by atoms with Crippen LogP contribution in [0.5, 0.6) is 0 Å². The first-order valence-corrected chi connectivity index (χ1v) is 4.35. The fourth-order valence-electron chi connectivity index (χ4n) is 0.814. The van der Waals surface area contributed by atoms with E-state index in [1.165, 1.54) is 21.0 Å². The van der Waals surface area contributed by atoms with Crippen LogP contribution in [0.1, 0.15) is 20.3 Å². The van der Waals surface area contributed by atoms with Crippen molar-refractivity contribution in [3.05, 3.63) is 0 Å². The van der Waals surface area contributed by atoms with E-state index in [0.29, 0.717) is 6.42 Å². The molecule has 0 spiro atoms. The lowest BCUT2D eigenvalue weighted by atomic mass is 10.3. The Labute approximate surface area is 83.3 Å². The molecule has 5 heteroatoms. The summed E-state index contributed by atoms with van der Waals surface area (Å²) in [6.45, 7) is 3.13. The highest BCUT2D eigenvalue weighted by Gasteiger charge is 2.09. The molecule has 82 valence electrons. The molecule has 0 aliphatic heterocycles. The molecule has 0 saturated carbocycles. The third-order valence-corrected chi connectivity index (χ3v) is 1.55. The molecule has 0 saturated heterocycles. The lowest BCUT2D eigenvalue weighted by Gasteiger charge is -2.14. The van der Waals surface area contributed by atoms with E-state index in [0.717, 1.165) is 0 Å². The topological polar surface area (TPSA) is 61.8 Å². The molecule has 0 fully saturated rings. The predicted octanol–water partition coefficient (Wildman–Crippen LogP) is 0.518. The van der Waals surface area contributed by atoms with Crippen molar-refractivity contribution in [2.75, 3.05) is 20.3 Å². The van der Waals surface area contributed by atoms with Gasteiger partial charge in [-0.15, -0.1) is 0 Å². The first kappa shape index (κ1) is 12.9. The van der Waals surface area contributed by atoms with Crippen molar-refractivity contribution in [1.82, 2.24) is 0 Å². The minimum atomic E-state index is -0.348. The largest absolute Gasteiger partial charge is 0.466 e. The number of hydrogen-bond donors (Lipinski definition) is 0. The van der Waals surface area contributed by atoms with E-state index in [4.69, 9.17) is 14.2 Å². The molecule has 0 rings (SSSR count). The van der Waals surface area contributed by atoms with Gasteiger partial charge in [0.15, 0.2) is 0 Å². The lowest BCUT2D eigenvalue weighted by Crippen LogP contribution is -2.22. The normalized spacial score (nSPS) is 11.9. The molecule has 0 amide bonds. The number of carbonyl (C=O) groups excluding carboxylic acids is 2. The summed E-state index contributed by atoms with van der Waals surface area (Å²) < 4.78 is 14.5. The summed E-state index contributed by atoms with van der Waals surface area (Å²) in [5, 5.41) is 0. The molecule has 5 nitrogen and oxygen atoms in total. The molecule has 1 atom stereocenters. The van der Waals surface area contributed by atoms with Gasteiger partial charge in [0.05, 0.1) is 12.7 Å². The van der Waals surface area contributed by atoms with Crippen molar-refractivity contribution in [2.24, 2.45) is 0 Å². The number of rotatable bonds is 6. The molecule has 0 bridgehead atoms. The van der Waals surface area contributed by atoms with Gasteiger partial charge >= 0.3 is 11.9 Å². The zero-order valence-corrected chi connectivity index (χ0v) is 8.74. The van der Waals surface area contributed by atoms with E-state index < -0.39 is 0 Å². The van der Waals surface area contributed by atoms with Gasteiger partial charge in [0.25, 0.3) is 0 Å². The smallest absolute Gasteiger partial charge is 0.302 e. The Morgan fingerprint density at radius 3 is 2.14 bits per heavy atom. The number of esters is 2. The highest BCUT2D eigenvalue weighted by atomic mass is 16.6. The average Bonchev–Trinajstić information content (AvgIpc) is 2.10. The van der Waals surface area contributed by atoms with Crippen LogP contribution in [0.2, 0.25) is 0 Å². The van der Waals surface area contributed by atoms with Gasteiger partial charge in [0.1, 0.15) is 6.61 Å². The van der Waals surface area contributed by atoms with Crippen LogP contribution in [0, 0.1) is 0 Å². The predicted molar refractivity (Wildman–Crippen MR) is 48.7 cm³/mol. The first-order chi connectivity index (χ1) is 6.56. The zero-order chi connectivity index (χ0) is 11.0. The van der Waals surface area contributed by atoms with Gasteiger partial charge in [-0.25, -0.2) is 0 Å². The standard InChI is InChI=1S/C9H16O5/c1-7(10)13-5-4-9(12-3)6-14-8(2)11/h9H,4-6H2,1-3H3/t9-/m1/s1. The van der Waals surface area contributed by atoms with E-state index in [-0.39, 0.29) is 31.3 Å². The quantitative estimate of drug-likeness (QED) is 0.590. The third-order valence-electron chi connectivity index (χ3n) is 1.55. The highest BCUT2D eigenvalue weighted by Crippen LogP contribution is 1.99. The Balaban J connectivity index is 3.57. The summed E-state index contributed by atoms with van der Waals surface area (Å²) in [6, 6.07) is 0. The van der Waals surface area contributed by atoms with Gasteiger partial charge in [0.2, 0.25) is 0 Å². The van der Waals surface area contributed by atoms with Gasteiger partial charge in [-0.3, -0.25) is 9.59 Å². The maximum Gasteiger partial charge on any atom is 0.302 e. The van der Waals surface area contributed by atoms with Crippen LogP contribution in [-0.4, -0.2) is 38.4 Å². The minimum absolute atomic E-state index is 0.188. The van der Waals surface area contributed by atoms with Gasteiger partial charge in [-0.05, 0) is 0 Å². The van der Waals surface area contributed by atoms with E-state index in [1.54, 1.807) is 0 Å². The van der Waals surface area contributed by atoms with Crippen LogP contribution in [0.4, 0.5) is 0 Å². The van der Waals surface area contributed by atoms with E-state index in [1.807, 2.05) is 0 Å². The maximum absolute atomic E-state index is 10.5. The summed E-state index contributed by atoms with van der Waals surface area (Å²) in [7, 11) is 1.52. The van der Waals surface area contributed by atoms with Crippen molar-refractivity contribution in [2.45, 2.75) is 26.4 Å². The molecule has 0 radical (unpaired) electrons. The van der Waals surface area contributed by atoms with Crippen molar-refractivity contribution in [3.8, 4) is 0 Å². The summed E-state index contributed by atoms with van der Waals surface area (Å²) >= 11 is 0. The molecule has 0 N–H and O–H groups in total. The highest BCUT2D eigenvalue weighted by molar-refractivity contribution is 5.66. The molecule has 0 aromatic rings. The first-order valence-electron chi connectivity index (χ1n) is 4.35. The van der Waals surface area contributed by atoms with Crippen LogP contribution < -0.4 is 0 Å². The van der Waals surface area contributed by atoms with Crippen molar-refractivity contribution in [1.29, 1.82) is 0 Å². The molecule has 0 aliphatic carbocycles. The fraction of sp³-hybridized carbons (Fsp3) is 0.778. The molecular weight excluding hydrogens is 188 g/mol. The van der Waals surface area contributed by atoms with Gasteiger partial charge in [-0.2, -0.15) is 0 Å². The van der Waals surface area contributed by atoms with E-state index in [2.05, 4.69) is 0 Å². The molecule has 0 heterocycles. The maximum atomic E-state index is 10.5. The summed E-state index contributed by atoms with van der Waals surface area (Å²) in [5.74, 6) is -0.674. The molecule has 0 unspecified atom stereocenters. The Morgan fingerprint density at radius 1 is 1.14 bits per heavy atom. The van der Waals surface area contributed by atoms with E-state index in [9.17, 15) is 9.59 Å². The van der Waals surface area contributed by atoms with Crippen LogP contribution in [0.3, 0.4) is 0 Å². The molecular formula is C9H16O5. The summed E-state index contributed by atoms with van der Waals surface area (Å²) in [6.07, 6.45) is 0.293. The van der Waals surface area contributed by atoms with Crippen LogP contribution in [0.25, 0.3) is 0 Å². The summed E-state index contributed by atoms with van der Waals surface area (Å²) in [5.41, 5.74) is 0. The Kier molecular flexibility index (Phi) is 6.74. The van der Waals surface area contributed by atoms with Gasteiger partial charge < -0.3 is 14.2 Å². The van der Waals surface area contributed by atoms with Gasteiger partial charge in [0, 0.05) is 27.4 Å². The molecule has 14 heavy (non-hydrogen) atoms. The van der Waals surface area contributed by atoms with Crippen LogP contribution in [-0.2, 0) is 23.8 Å². The second-order valence-corrected chi connectivity index (χ2v) is 2.79. The SMILES string of the molecule is CO[C@H](CCOC(C)=O)COC(C)=O. The molecule has 0 aliphatic rings. The van der Waals surface area contributed by atoms with Crippen molar-refractivity contribution >= 4 is 11.9 Å². The zero-order valence-electron chi connectivity index (χ0n) is 8.74. The monoisotopic (exact) mass is 204 g/mol.